The van der Waals surface area contributed by atoms with E-state index in [1.54, 1.807) is 6.92 Å². The lowest BCUT2D eigenvalue weighted by Gasteiger charge is -2.10. The molecule has 0 spiro atoms. The summed E-state index contributed by atoms with van der Waals surface area (Å²) in [5.41, 5.74) is 0.699. The molecule has 0 saturated heterocycles. The standard InChI is InChI=1S/C13H19N3O3/c1-9-10(13(18)19)5-6-11(15-9)12(17)14-7-4-8-16(2)3/h5-6H,4,7-8H2,1-3H3,(H,14,17)(H,18,19). The maximum absolute atomic E-state index is 11.8. The number of pyridine rings is 1. The fourth-order valence-corrected chi connectivity index (χ4v) is 1.60. The average molecular weight is 265 g/mol. The van der Waals surface area contributed by atoms with Gasteiger partial charge in [-0.05, 0) is 46.1 Å². The van der Waals surface area contributed by atoms with Crippen LogP contribution in [0.15, 0.2) is 12.1 Å². The van der Waals surface area contributed by atoms with Crippen LogP contribution in [0.1, 0.15) is 33.0 Å². The Morgan fingerprint density at radius 3 is 2.58 bits per heavy atom. The number of carboxylic acids is 1. The topological polar surface area (TPSA) is 82.5 Å². The monoisotopic (exact) mass is 265 g/mol. The molecule has 2 N–H and O–H groups in total. The molecule has 19 heavy (non-hydrogen) atoms. The van der Waals surface area contributed by atoms with Gasteiger partial charge in [0.15, 0.2) is 0 Å². The molecule has 0 unspecified atom stereocenters. The van der Waals surface area contributed by atoms with E-state index in [0.29, 0.717) is 12.2 Å². The highest BCUT2D eigenvalue weighted by atomic mass is 16.4. The van der Waals surface area contributed by atoms with Crippen molar-refractivity contribution in [3.05, 3.63) is 29.1 Å². The first-order valence-corrected chi connectivity index (χ1v) is 6.05. The zero-order chi connectivity index (χ0) is 14.4. The zero-order valence-electron chi connectivity index (χ0n) is 11.4. The molecule has 0 aliphatic carbocycles. The van der Waals surface area contributed by atoms with E-state index < -0.39 is 5.97 Å². The van der Waals surface area contributed by atoms with Gasteiger partial charge < -0.3 is 15.3 Å². The van der Waals surface area contributed by atoms with E-state index in [0.717, 1.165) is 13.0 Å². The summed E-state index contributed by atoms with van der Waals surface area (Å²) < 4.78 is 0. The number of hydrogen-bond donors (Lipinski definition) is 2. The number of rotatable bonds is 6. The molecule has 0 aromatic carbocycles. The highest BCUT2D eigenvalue weighted by Crippen LogP contribution is 2.06. The van der Waals surface area contributed by atoms with Gasteiger partial charge in [-0.2, -0.15) is 0 Å². The molecule has 0 aliphatic heterocycles. The van der Waals surface area contributed by atoms with Gasteiger partial charge in [-0.25, -0.2) is 9.78 Å². The number of nitrogens with one attached hydrogen (secondary N) is 1. The molecule has 104 valence electrons. The van der Waals surface area contributed by atoms with Crippen molar-refractivity contribution in [2.75, 3.05) is 27.2 Å². The van der Waals surface area contributed by atoms with Crippen LogP contribution in [0, 0.1) is 6.92 Å². The normalized spacial score (nSPS) is 10.5. The Morgan fingerprint density at radius 2 is 2.05 bits per heavy atom. The molecule has 0 saturated carbocycles. The number of nitrogens with zero attached hydrogens (tertiary/aromatic N) is 2. The Hall–Kier alpha value is -1.95. The number of amides is 1. The highest BCUT2D eigenvalue weighted by molar-refractivity contribution is 5.94. The lowest BCUT2D eigenvalue weighted by Crippen LogP contribution is -2.28. The Morgan fingerprint density at radius 1 is 1.37 bits per heavy atom. The van der Waals surface area contributed by atoms with Gasteiger partial charge >= 0.3 is 5.97 Å². The maximum Gasteiger partial charge on any atom is 0.337 e. The number of carbonyl (C=O) groups is 2. The van der Waals surface area contributed by atoms with E-state index in [2.05, 4.69) is 10.3 Å². The summed E-state index contributed by atoms with van der Waals surface area (Å²) in [6.07, 6.45) is 0.852. The first-order valence-electron chi connectivity index (χ1n) is 6.05. The average Bonchev–Trinajstić information content (AvgIpc) is 2.33. The molecule has 0 aliphatic rings. The van der Waals surface area contributed by atoms with Crippen molar-refractivity contribution in [1.29, 1.82) is 0 Å². The predicted octanol–water partition coefficient (Wildman–Crippen LogP) is 0.770. The van der Waals surface area contributed by atoms with E-state index >= 15 is 0 Å². The van der Waals surface area contributed by atoms with Crippen molar-refractivity contribution < 1.29 is 14.7 Å². The minimum atomic E-state index is -1.04. The first kappa shape index (κ1) is 15.1. The molecule has 1 amide bonds. The SMILES string of the molecule is Cc1nc(C(=O)NCCCN(C)C)ccc1C(=O)O. The number of aromatic carboxylic acids is 1. The number of hydrogen-bond acceptors (Lipinski definition) is 4. The lowest BCUT2D eigenvalue weighted by molar-refractivity contribution is 0.0694. The van der Waals surface area contributed by atoms with Crippen LogP contribution >= 0.6 is 0 Å². The van der Waals surface area contributed by atoms with Crippen molar-refractivity contribution >= 4 is 11.9 Å². The maximum atomic E-state index is 11.8. The third-order valence-corrected chi connectivity index (χ3v) is 2.62. The molecule has 6 nitrogen and oxygen atoms in total. The quantitative estimate of drug-likeness (QED) is 0.742. The summed E-state index contributed by atoms with van der Waals surface area (Å²) in [6.45, 7) is 3.04. The number of carbonyl (C=O) groups excluding carboxylic acids is 1. The van der Waals surface area contributed by atoms with Crippen LogP contribution in [0.3, 0.4) is 0 Å². The second kappa shape index (κ2) is 6.84. The van der Waals surface area contributed by atoms with E-state index in [4.69, 9.17) is 5.11 Å². The Kier molecular flexibility index (Phi) is 5.44. The fraction of sp³-hybridized carbons (Fsp3) is 0.462. The summed E-state index contributed by atoms with van der Waals surface area (Å²) >= 11 is 0. The van der Waals surface area contributed by atoms with Gasteiger partial charge in [-0.3, -0.25) is 4.79 Å². The van der Waals surface area contributed by atoms with Crippen LogP contribution in [-0.4, -0.2) is 54.1 Å². The van der Waals surface area contributed by atoms with Crippen LogP contribution in [-0.2, 0) is 0 Å². The van der Waals surface area contributed by atoms with Crippen molar-refractivity contribution in [1.82, 2.24) is 15.2 Å². The summed E-state index contributed by atoms with van der Waals surface area (Å²) in [6, 6.07) is 2.83. The lowest BCUT2D eigenvalue weighted by atomic mass is 10.2. The molecule has 0 bridgehead atoms. The van der Waals surface area contributed by atoms with E-state index in [-0.39, 0.29) is 17.2 Å². The van der Waals surface area contributed by atoms with E-state index in [1.807, 2.05) is 19.0 Å². The largest absolute Gasteiger partial charge is 0.478 e. The Labute approximate surface area is 112 Å². The van der Waals surface area contributed by atoms with Crippen molar-refractivity contribution in [2.24, 2.45) is 0 Å². The van der Waals surface area contributed by atoms with Gasteiger partial charge in [-0.15, -0.1) is 0 Å². The van der Waals surface area contributed by atoms with Gasteiger partial charge in [-0.1, -0.05) is 0 Å². The first-order chi connectivity index (χ1) is 8.91. The molecular weight excluding hydrogens is 246 g/mol. The number of aryl methyl sites for hydroxylation is 1. The van der Waals surface area contributed by atoms with E-state index in [9.17, 15) is 9.59 Å². The smallest absolute Gasteiger partial charge is 0.337 e. The third kappa shape index (κ3) is 4.67. The highest BCUT2D eigenvalue weighted by Gasteiger charge is 2.12. The molecule has 6 heteroatoms. The fourth-order valence-electron chi connectivity index (χ4n) is 1.60. The van der Waals surface area contributed by atoms with Crippen LogP contribution in [0.4, 0.5) is 0 Å². The van der Waals surface area contributed by atoms with Crippen LogP contribution < -0.4 is 5.32 Å². The number of carboxylic acid groups (broad SMARTS) is 1. The summed E-state index contributed by atoms with van der Waals surface area (Å²) in [5, 5.41) is 11.6. The van der Waals surface area contributed by atoms with Crippen molar-refractivity contribution in [3.8, 4) is 0 Å². The molecule has 1 heterocycles. The van der Waals surface area contributed by atoms with Crippen LogP contribution in [0.5, 0.6) is 0 Å². The summed E-state index contributed by atoms with van der Waals surface area (Å²) in [5.74, 6) is -1.32. The van der Waals surface area contributed by atoms with Crippen molar-refractivity contribution in [2.45, 2.75) is 13.3 Å². The third-order valence-electron chi connectivity index (χ3n) is 2.62. The molecule has 0 radical (unpaired) electrons. The van der Waals surface area contributed by atoms with Gasteiger partial charge in [0.25, 0.3) is 5.91 Å². The van der Waals surface area contributed by atoms with E-state index in [1.165, 1.54) is 12.1 Å². The second-order valence-electron chi connectivity index (χ2n) is 4.55. The minimum absolute atomic E-state index is 0.115. The minimum Gasteiger partial charge on any atom is -0.478 e. The predicted molar refractivity (Wildman–Crippen MR) is 71.4 cm³/mol. The molecular formula is C13H19N3O3. The van der Waals surface area contributed by atoms with Gasteiger partial charge in [0.05, 0.1) is 11.3 Å². The molecule has 1 rings (SSSR count). The zero-order valence-corrected chi connectivity index (χ0v) is 11.4. The van der Waals surface area contributed by atoms with Crippen LogP contribution in [0.2, 0.25) is 0 Å². The summed E-state index contributed by atoms with van der Waals surface area (Å²) in [7, 11) is 3.94. The molecule has 1 aromatic heterocycles. The van der Waals surface area contributed by atoms with Gasteiger partial charge in [0, 0.05) is 6.54 Å². The summed E-state index contributed by atoms with van der Waals surface area (Å²) in [4.78, 5) is 28.7. The van der Waals surface area contributed by atoms with Gasteiger partial charge in [0.2, 0.25) is 0 Å². The second-order valence-corrected chi connectivity index (χ2v) is 4.55. The molecule has 0 fully saturated rings. The van der Waals surface area contributed by atoms with Crippen LogP contribution in [0.25, 0.3) is 0 Å². The molecule has 0 atom stereocenters. The number of aromatic nitrogens is 1. The van der Waals surface area contributed by atoms with Gasteiger partial charge in [0.1, 0.15) is 5.69 Å². The van der Waals surface area contributed by atoms with Crippen molar-refractivity contribution in [3.63, 3.8) is 0 Å². The Balaban J connectivity index is 2.58. The molecule has 1 aromatic rings. The Bertz CT molecular complexity index is 472.